The standard InChI is InChI=1S/C20H25N7O/c1-13-18(14(2)24-23-13)20(28)27-9-7-26(8-10-27)15-5-6-17-16(11-15)19(25(3)4)22-12-21-17/h5-6,11-12H,7-10H2,1-4H3,(H,23,24). The fraction of sp³-hybridized carbons (Fsp3) is 0.400. The lowest BCUT2D eigenvalue weighted by molar-refractivity contribution is 0.0745. The van der Waals surface area contributed by atoms with Crippen molar-refractivity contribution >= 4 is 28.3 Å². The van der Waals surface area contributed by atoms with E-state index in [1.54, 1.807) is 6.33 Å². The molecule has 2 aromatic heterocycles. The maximum Gasteiger partial charge on any atom is 0.257 e. The SMILES string of the molecule is Cc1n[nH]c(C)c1C(=O)N1CCN(c2ccc3ncnc(N(C)C)c3c2)CC1. The topological polar surface area (TPSA) is 81.2 Å². The van der Waals surface area contributed by atoms with Crippen molar-refractivity contribution in [3.63, 3.8) is 0 Å². The van der Waals surface area contributed by atoms with Gasteiger partial charge in [0.25, 0.3) is 5.91 Å². The molecule has 8 nitrogen and oxygen atoms in total. The molecule has 0 saturated carbocycles. The van der Waals surface area contributed by atoms with Crippen molar-refractivity contribution in [1.29, 1.82) is 0 Å². The fourth-order valence-electron chi connectivity index (χ4n) is 3.78. The van der Waals surface area contributed by atoms with Gasteiger partial charge in [-0.25, -0.2) is 9.97 Å². The van der Waals surface area contributed by atoms with E-state index in [4.69, 9.17) is 0 Å². The Balaban J connectivity index is 1.52. The normalized spacial score (nSPS) is 14.6. The monoisotopic (exact) mass is 379 g/mol. The second kappa shape index (κ2) is 7.10. The molecule has 1 amide bonds. The van der Waals surface area contributed by atoms with Crippen LogP contribution in [-0.4, -0.2) is 71.2 Å². The van der Waals surface area contributed by atoms with Gasteiger partial charge >= 0.3 is 0 Å². The summed E-state index contributed by atoms with van der Waals surface area (Å²) in [7, 11) is 3.97. The number of hydrogen-bond donors (Lipinski definition) is 1. The van der Waals surface area contributed by atoms with Crippen LogP contribution in [0.25, 0.3) is 10.9 Å². The molecule has 0 radical (unpaired) electrons. The summed E-state index contributed by atoms with van der Waals surface area (Å²) in [5.41, 5.74) is 4.36. The third-order valence-electron chi connectivity index (χ3n) is 5.30. The number of benzene rings is 1. The number of carbonyl (C=O) groups excluding carboxylic acids is 1. The molecule has 3 heterocycles. The van der Waals surface area contributed by atoms with Crippen molar-refractivity contribution in [2.24, 2.45) is 0 Å². The van der Waals surface area contributed by atoms with Crippen LogP contribution in [0.4, 0.5) is 11.5 Å². The zero-order valence-electron chi connectivity index (χ0n) is 16.7. The maximum absolute atomic E-state index is 12.9. The molecule has 0 atom stereocenters. The zero-order chi connectivity index (χ0) is 19.8. The Labute approximate surface area is 164 Å². The van der Waals surface area contributed by atoms with Crippen molar-refractivity contribution in [2.45, 2.75) is 13.8 Å². The molecule has 0 unspecified atom stereocenters. The first-order chi connectivity index (χ1) is 13.5. The van der Waals surface area contributed by atoms with Crippen LogP contribution in [-0.2, 0) is 0 Å². The number of rotatable bonds is 3. The van der Waals surface area contributed by atoms with Crippen molar-refractivity contribution in [1.82, 2.24) is 25.1 Å². The second-order valence-corrected chi connectivity index (χ2v) is 7.38. The number of nitrogens with zero attached hydrogens (tertiary/aromatic N) is 6. The fourth-order valence-corrected chi connectivity index (χ4v) is 3.78. The second-order valence-electron chi connectivity index (χ2n) is 7.38. The van der Waals surface area contributed by atoms with Gasteiger partial charge in [-0.2, -0.15) is 5.10 Å². The summed E-state index contributed by atoms with van der Waals surface area (Å²) >= 11 is 0. The van der Waals surface area contributed by atoms with Gasteiger partial charge in [0.1, 0.15) is 12.1 Å². The number of amides is 1. The minimum Gasteiger partial charge on any atom is -0.368 e. The van der Waals surface area contributed by atoms with Crippen molar-refractivity contribution < 1.29 is 4.79 Å². The molecule has 0 aliphatic carbocycles. The minimum atomic E-state index is 0.0604. The van der Waals surface area contributed by atoms with Crippen molar-refractivity contribution in [3.8, 4) is 0 Å². The van der Waals surface area contributed by atoms with Crippen LogP contribution < -0.4 is 9.80 Å². The van der Waals surface area contributed by atoms with Gasteiger partial charge in [0, 0.05) is 57.0 Å². The number of aromatic nitrogens is 4. The summed E-state index contributed by atoms with van der Waals surface area (Å²) in [5, 5.41) is 8.08. The van der Waals surface area contributed by atoms with Crippen LogP contribution in [0.1, 0.15) is 21.7 Å². The first kappa shape index (κ1) is 18.2. The average molecular weight is 379 g/mol. The number of aryl methyl sites for hydroxylation is 2. The van der Waals surface area contributed by atoms with Crippen LogP contribution in [0.15, 0.2) is 24.5 Å². The van der Waals surface area contributed by atoms with E-state index in [0.717, 1.165) is 46.9 Å². The molecular weight excluding hydrogens is 354 g/mol. The minimum absolute atomic E-state index is 0.0604. The molecule has 1 saturated heterocycles. The average Bonchev–Trinajstić information content (AvgIpc) is 3.04. The first-order valence-corrected chi connectivity index (χ1v) is 9.43. The van der Waals surface area contributed by atoms with Crippen molar-refractivity contribution in [2.75, 3.05) is 50.1 Å². The Kier molecular flexibility index (Phi) is 4.62. The van der Waals surface area contributed by atoms with E-state index in [1.165, 1.54) is 0 Å². The van der Waals surface area contributed by atoms with Crippen LogP contribution in [0.5, 0.6) is 0 Å². The van der Waals surface area contributed by atoms with Crippen LogP contribution >= 0.6 is 0 Å². The third kappa shape index (κ3) is 3.15. The van der Waals surface area contributed by atoms with E-state index in [0.29, 0.717) is 18.7 Å². The highest BCUT2D eigenvalue weighted by Crippen LogP contribution is 2.27. The Hall–Kier alpha value is -3.16. The Morgan fingerprint density at radius 3 is 2.50 bits per heavy atom. The maximum atomic E-state index is 12.9. The number of carbonyl (C=O) groups is 1. The molecule has 28 heavy (non-hydrogen) atoms. The van der Waals surface area contributed by atoms with Gasteiger partial charge in [-0.15, -0.1) is 0 Å². The Morgan fingerprint density at radius 1 is 1.11 bits per heavy atom. The number of hydrogen-bond acceptors (Lipinski definition) is 6. The summed E-state index contributed by atoms with van der Waals surface area (Å²) in [5.74, 6) is 0.969. The number of anilines is 2. The zero-order valence-corrected chi connectivity index (χ0v) is 16.7. The number of nitrogens with one attached hydrogen (secondary N) is 1. The van der Waals surface area contributed by atoms with E-state index in [1.807, 2.05) is 43.8 Å². The highest BCUT2D eigenvalue weighted by atomic mass is 16.2. The predicted octanol–water partition coefficient (Wildman–Crippen LogP) is 2.00. The van der Waals surface area contributed by atoms with E-state index in [9.17, 15) is 4.79 Å². The van der Waals surface area contributed by atoms with Gasteiger partial charge < -0.3 is 14.7 Å². The van der Waals surface area contributed by atoms with E-state index in [-0.39, 0.29) is 5.91 Å². The quantitative estimate of drug-likeness (QED) is 0.750. The van der Waals surface area contributed by atoms with Gasteiger partial charge in [-0.05, 0) is 32.0 Å². The first-order valence-electron chi connectivity index (χ1n) is 9.43. The lowest BCUT2D eigenvalue weighted by Crippen LogP contribution is -2.49. The molecule has 1 aliphatic rings. The number of piperazine rings is 1. The lowest BCUT2D eigenvalue weighted by atomic mass is 10.1. The lowest BCUT2D eigenvalue weighted by Gasteiger charge is -2.36. The van der Waals surface area contributed by atoms with Crippen LogP contribution in [0.3, 0.4) is 0 Å². The van der Waals surface area contributed by atoms with Crippen LogP contribution in [0, 0.1) is 13.8 Å². The van der Waals surface area contributed by atoms with Crippen LogP contribution in [0.2, 0.25) is 0 Å². The smallest absolute Gasteiger partial charge is 0.257 e. The number of aromatic amines is 1. The van der Waals surface area contributed by atoms with E-state index in [2.05, 4.69) is 37.2 Å². The molecule has 3 aromatic rings. The molecular formula is C20H25N7O. The molecule has 1 aliphatic heterocycles. The molecule has 4 rings (SSSR count). The van der Waals surface area contributed by atoms with Gasteiger partial charge in [0.2, 0.25) is 0 Å². The van der Waals surface area contributed by atoms with Gasteiger partial charge in [-0.3, -0.25) is 9.89 Å². The molecule has 146 valence electrons. The summed E-state index contributed by atoms with van der Waals surface area (Å²) < 4.78 is 0. The van der Waals surface area contributed by atoms with Gasteiger partial charge in [-0.1, -0.05) is 0 Å². The molecule has 8 heteroatoms. The summed E-state index contributed by atoms with van der Waals surface area (Å²) in [6.45, 7) is 6.71. The largest absolute Gasteiger partial charge is 0.368 e. The molecule has 0 spiro atoms. The molecule has 0 bridgehead atoms. The Bertz CT molecular complexity index is 999. The summed E-state index contributed by atoms with van der Waals surface area (Å²) in [4.78, 5) is 27.9. The molecule has 1 aromatic carbocycles. The molecule has 1 fully saturated rings. The van der Waals surface area contributed by atoms with E-state index < -0.39 is 0 Å². The number of fused-ring (bicyclic) bond motifs is 1. The summed E-state index contributed by atoms with van der Waals surface area (Å²) in [6, 6.07) is 6.28. The van der Waals surface area contributed by atoms with Crippen molar-refractivity contribution in [3.05, 3.63) is 41.5 Å². The highest BCUT2D eigenvalue weighted by molar-refractivity contribution is 5.96. The van der Waals surface area contributed by atoms with Gasteiger partial charge in [0.15, 0.2) is 0 Å². The van der Waals surface area contributed by atoms with E-state index >= 15 is 0 Å². The predicted molar refractivity (Wildman–Crippen MR) is 110 cm³/mol. The third-order valence-corrected chi connectivity index (χ3v) is 5.30. The summed E-state index contributed by atoms with van der Waals surface area (Å²) in [6.07, 6.45) is 1.60. The Morgan fingerprint density at radius 2 is 1.86 bits per heavy atom. The number of H-pyrrole nitrogens is 1. The highest BCUT2D eigenvalue weighted by Gasteiger charge is 2.26. The van der Waals surface area contributed by atoms with Gasteiger partial charge in [0.05, 0.1) is 16.8 Å². The molecule has 1 N–H and O–H groups in total.